The van der Waals surface area contributed by atoms with Crippen LogP contribution in [0.25, 0.3) is 0 Å². The Morgan fingerprint density at radius 1 is 1.24 bits per heavy atom. The lowest BCUT2D eigenvalue weighted by molar-refractivity contribution is 0.209. The first-order chi connectivity index (χ1) is 10.0. The second kappa shape index (κ2) is 10.1. The van der Waals surface area contributed by atoms with Gasteiger partial charge in [-0.25, -0.2) is 0 Å². The van der Waals surface area contributed by atoms with Gasteiger partial charge < -0.3 is 10.1 Å². The van der Waals surface area contributed by atoms with E-state index in [9.17, 15) is 0 Å². The average molecular weight is 311 g/mol. The molecule has 0 bridgehead atoms. The summed E-state index contributed by atoms with van der Waals surface area (Å²) in [7, 11) is 2.16. The van der Waals surface area contributed by atoms with E-state index in [1.54, 1.807) is 0 Å². The van der Waals surface area contributed by atoms with Gasteiger partial charge in [-0.2, -0.15) is 11.8 Å². The Kier molecular flexibility index (Phi) is 8.81. The lowest BCUT2D eigenvalue weighted by atomic mass is 10.2. The molecule has 0 saturated heterocycles. The fourth-order valence-electron chi connectivity index (χ4n) is 1.99. The highest BCUT2D eigenvalue weighted by Gasteiger charge is 2.09. The number of nitrogens with one attached hydrogen (secondary N) is 1. The van der Waals surface area contributed by atoms with Crippen molar-refractivity contribution in [3.8, 4) is 5.75 Å². The molecule has 0 radical (unpaired) electrons. The summed E-state index contributed by atoms with van der Waals surface area (Å²) in [6.45, 7) is 9.11. The number of benzene rings is 1. The first-order valence-electron chi connectivity index (χ1n) is 7.67. The van der Waals surface area contributed by atoms with Crippen LogP contribution in [0.3, 0.4) is 0 Å². The summed E-state index contributed by atoms with van der Waals surface area (Å²) in [5, 5.41) is 3.44. The normalized spacial score (nSPS) is 12.9. The summed E-state index contributed by atoms with van der Waals surface area (Å²) in [6, 6.07) is 9.36. The van der Waals surface area contributed by atoms with Crippen LogP contribution in [0.1, 0.15) is 26.3 Å². The SMILES string of the molecule is CSCC(C)N(C)CCOc1ccccc1CNC(C)C. The summed E-state index contributed by atoms with van der Waals surface area (Å²) < 4.78 is 5.98. The van der Waals surface area contributed by atoms with E-state index in [-0.39, 0.29) is 0 Å². The minimum absolute atomic E-state index is 0.483. The highest BCUT2D eigenvalue weighted by Crippen LogP contribution is 2.18. The molecular formula is C17H30N2OS. The number of para-hydroxylation sites is 1. The van der Waals surface area contributed by atoms with Crippen LogP contribution >= 0.6 is 11.8 Å². The molecule has 120 valence electrons. The van der Waals surface area contributed by atoms with Gasteiger partial charge in [-0.1, -0.05) is 32.0 Å². The van der Waals surface area contributed by atoms with E-state index in [2.05, 4.69) is 62.5 Å². The molecule has 1 N–H and O–H groups in total. The number of likely N-dealkylation sites (N-methyl/N-ethyl adjacent to an activating group) is 1. The molecule has 1 atom stereocenters. The van der Waals surface area contributed by atoms with Gasteiger partial charge in [-0.3, -0.25) is 4.90 Å². The van der Waals surface area contributed by atoms with Gasteiger partial charge in [-0.15, -0.1) is 0 Å². The van der Waals surface area contributed by atoms with Crippen molar-refractivity contribution >= 4 is 11.8 Å². The molecule has 21 heavy (non-hydrogen) atoms. The summed E-state index contributed by atoms with van der Waals surface area (Å²) in [5.74, 6) is 2.15. The topological polar surface area (TPSA) is 24.5 Å². The number of thioether (sulfide) groups is 1. The van der Waals surface area contributed by atoms with Crippen molar-refractivity contribution in [1.82, 2.24) is 10.2 Å². The van der Waals surface area contributed by atoms with E-state index in [0.717, 1.165) is 31.2 Å². The zero-order valence-electron chi connectivity index (χ0n) is 14.1. The fourth-order valence-corrected chi connectivity index (χ4v) is 2.73. The molecule has 0 aliphatic rings. The molecule has 1 aromatic carbocycles. The van der Waals surface area contributed by atoms with E-state index in [1.165, 1.54) is 5.56 Å². The lowest BCUT2D eigenvalue weighted by Crippen LogP contribution is -2.34. The van der Waals surface area contributed by atoms with Gasteiger partial charge >= 0.3 is 0 Å². The summed E-state index contributed by atoms with van der Waals surface area (Å²) in [6.07, 6.45) is 2.15. The second-order valence-electron chi connectivity index (χ2n) is 5.78. The molecule has 0 aliphatic carbocycles. The maximum Gasteiger partial charge on any atom is 0.123 e. The van der Waals surface area contributed by atoms with Crippen LogP contribution in [0, 0.1) is 0 Å². The van der Waals surface area contributed by atoms with Crippen LogP contribution in [-0.4, -0.2) is 49.2 Å². The molecular weight excluding hydrogens is 280 g/mol. The smallest absolute Gasteiger partial charge is 0.123 e. The molecule has 0 aliphatic heterocycles. The van der Waals surface area contributed by atoms with E-state index < -0.39 is 0 Å². The Morgan fingerprint density at radius 2 is 1.95 bits per heavy atom. The maximum absolute atomic E-state index is 5.98. The zero-order valence-corrected chi connectivity index (χ0v) is 14.9. The summed E-state index contributed by atoms with van der Waals surface area (Å²) in [4.78, 5) is 2.35. The largest absolute Gasteiger partial charge is 0.492 e. The third-order valence-corrected chi connectivity index (χ3v) is 4.35. The summed E-state index contributed by atoms with van der Waals surface area (Å²) >= 11 is 1.89. The first-order valence-corrected chi connectivity index (χ1v) is 9.07. The predicted octanol–water partition coefficient (Wildman–Crippen LogP) is 3.25. The highest BCUT2D eigenvalue weighted by molar-refractivity contribution is 7.98. The molecule has 1 rings (SSSR count). The Morgan fingerprint density at radius 3 is 2.62 bits per heavy atom. The summed E-state index contributed by atoms with van der Waals surface area (Å²) in [5.41, 5.74) is 1.23. The van der Waals surface area contributed by atoms with Crippen molar-refractivity contribution in [2.75, 3.05) is 32.2 Å². The van der Waals surface area contributed by atoms with Gasteiger partial charge in [0.05, 0.1) is 0 Å². The predicted molar refractivity (Wildman–Crippen MR) is 94.4 cm³/mol. The molecule has 1 unspecified atom stereocenters. The molecule has 0 amide bonds. The lowest BCUT2D eigenvalue weighted by Gasteiger charge is -2.24. The minimum atomic E-state index is 0.483. The molecule has 0 fully saturated rings. The average Bonchev–Trinajstić information content (AvgIpc) is 2.46. The Labute approximate surface area is 134 Å². The third kappa shape index (κ3) is 7.21. The number of ether oxygens (including phenoxy) is 1. The Balaban J connectivity index is 2.44. The van der Waals surface area contributed by atoms with E-state index in [4.69, 9.17) is 4.74 Å². The van der Waals surface area contributed by atoms with E-state index in [0.29, 0.717) is 12.1 Å². The quantitative estimate of drug-likeness (QED) is 0.717. The van der Waals surface area contributed by atoms with Crippen molar-refractivity contribution in [2.24, 2.45) is 0 Å². The van der Waals surface area contributed by atoms with Crippen molar-refractivity contribution in [1.29, 1.82) is 0 Å². The molecule has 0 spiro atoms. The second-order valence-corrected chi connectivity index (χ2v) is 6.69. The molecule has 1 aromatic rings. The standard InChI is InChI=1S/C17H30N2OS/c1-14(2)18-12-16-8-6-7-9-17(16)20-11-10-19(4)15(3)13-21-5/h6-9,14-15,18H,10-13H2,1-5H3. The fraction of sp³-hybridized carbons (Fsp3) is 0.647. The Bertz CT molecular complexity index is 398. The van der Waals surface area contributed by atoms with Crippen LogP contribution < -0.4 is 10.1 Å². The zero-order chi connectivity index (χ0) is 15.7. The molecule has 3 nitrogen and oxygen atoms in total. The van der Waals surface area contributed by atoms with Crippen LogP contribution in [0.5, 0.6) is 5.75 Å². The van der Waals surface area contributed by atoms with E-state index in [1.807, 2.05) is 17.8 Å². The number of hydrogen-bond acceptors (Lipinski definition) is 4. The monoisotopic (exact) mass is 310 g/mol. The van der Waals surface area contributed by atoms with Gasteiger partial charge in [0.1, 0.15) is 12.4 Å². The van der Waals surface area contributed by atoms with Crippen LogP contribution in [0.2, 0.25) is 0 Å². The van der Waals surface area contributed by atoms with Gasteiger partial charge in [0, 0.05) is 36.5 Å². The number of rotatable bonds is 10. The van der Waals surface area contributed by atoms with Crippen LogP contribution in [0.15, 0.2) is 24.3 Å². The van der Waals surface area contributed by atoms with Crippen molar-refractivity contribution in [3.05, 3.63) is 29.8 Å². The van der Waals surface area contributed by atoms with Gasteiger partial charge in [0.2, 0.25) is 0 Å². The first kappa shape index (κ1) is 18.3. The van der Waals surface area contributed by atoms with Crippen molar-refractivity contribution in [2.45, 2.75) is 39.4 Å². The van der Waals surface area contributed by atoms with Gasteiger partial charge in [0.15, 0.2) is 0 Å². The third-order valence-electron chi connectivity index (χ3n) is 3.54. The number of nitrogens with zero attached hydrogens (tertiary/aromatic N) is 1. The molecule has 0 aromatic heterocycles. The van der Waals surface area contributed by atoms with E-state index >= 15 is 0 Å². The molecule has 4 heteroatoms. The number of hydrogen-bond donors (Lipinski definition) is 1. The minimum Gasteiger partial charge on any atom is -0.492 e. The highest BCUT2D eigenvalue weighted by atomic mass is 32.2. The van der Waals surface area contributed by atoms with Crippen LogP contribution in [0.4, 0.5) is 0 Å². The molecule has 0 heterocycles. The van der Waals surface area contributed by atoms with Gasteiger partial charge in [-0.05, 0) is 26.3 Å². The maximum atomic E-state index is 5.98. The van der Waals surface area contributed by atoms with Crippen molar-refractivity contribution in [3.63, 3.8) is 0 Å². The Hall–Kier alpha value is -0.710. The van der Waals surface area contributed by atoms with Crippen LogP contribution in [-0.2, 0) is 6.54 Å². The molecule has 0 saturated carbocycles. The van der Waals surface area contributed by atoms with Gasteiger partial charge in [0.25, 0.3) is 0 Å². The van der Waals surface area contributed by atoms with Crippen molar-refractivity contribution < 1.29 is 4.74 Å².